The van der Waals surface area contributed by atoms with Crippen LogP contribution in [0, 0.1) is 0 Å². The van der Waals surface area contributed by atoms with Crippen molar-refractivity contribution in [1.82, 2.24) is 0 Å². The first-order valence-corrected chi connectivity index (χ1v) is 8.03. The van der Waals surface area contributed by atoms with Crippen LogP contribution in [0.15, 0.2) is 46.7 Å². The summed E-state index contributed by atoms with van der Waals surface area (Å²) in [4.78, 5) is 12.7. The molecule has 0 saturated heterocycles. The highest BCUT2D eigenvalue weighted by atomic mass is 32.2. The second-order valence-corrected chi connectivity index (χ2v) is 6.59. The molecular weight excluding hydrogens is 298 g/mol. The van der Waals surface area contributed by atoms with Gasteiger partial charge in [0.2, 0.25) is 15.9 Å². The number of benzene rings is 1. The molecule has 8 heteroatoms. The highest BCUT2D eigenvalue weighted by Gasteiger charge is 2.17. The van der Waals surface area contributed by atoms with Crippen molar-refractivity contribution in [2.45, 2.75) is 10.9 Å². The summed E-state index contributed by atoms with van der Waals surface area (Å²) >= 11 is 1.39. The molecule has 1 amide bonds. The molecule has 0 aliphatic carbocycles. The minimum Gasteiger partial charge on any atom is -0.324 e. The van der Waals surface area contributed by atoms with Gasteiger partial charge in [-0.3, -0.25) is 4.79 Å². The first kappa shape index (κ1) is 14.7. The van der Waals surface area contributed by atoms with Crippen molar-refractivity contribution in [3.05, 3.63) is 46.7 Å². The number of carbonyl (C=O) groups excluding carboxylic acids is 1. The molecule has 0 bridgehead atoms. The summed E-state index contributed by atoms with van der Waals surface area (Å²) in [6.45, 7) is 0. The first-order chi connectivity index (χ1) is 9.38. The molecule has 2 rings (SSSR count). The number of rotatable bonds is 4. The minimum atomic E-state index is -3.74. The van der Waals surface area contributed by atoms with E-state index in [0.29, 0.717) is 5.69 Å². The maximum Gasteiger partial charge on any atom is 0.246 e. The normalized spacial score (nSPS) is 12.9. The zero-order valence-electron chi connectivity index (χ0n) is 10.3. The van der Waals surface area contributed by atoms with Gasteiger partial charge in [-0.2, -0.15) is 0 Å². The van der Waals surface area contributed by atoms with Crippen LogP contribution in [0.3, 0.4) is 0 Å². The van der Waals surface area contributed by atoms with Crippen molar-refractivity contribution in [1.29, 1.82) is 0 Å². The fourth-order valence-electron chi connectivity index (χ4n) is 1.55. The number of nitrogens with two attached hydrogens (primary N) is 2. The lowest BCUT2D eigenvalue weighted by Gasteiger charge is -2.11. The Balaban J connectivity index is 2.09. The van der Waals surface area contributed by atoms with Crippen LogP contribution < -0.4 is 16.2 Å². The molecule has 1 atom stereocenters. The lowest BCUT2D eigenvalue weighted by molar-refractivity contribution is -0.117. The van der Waals surface area contributed by atoms with Crippen LogP contribution in [0.25, 0.3) is 0 Å². The molecule has 0 aliphatic rings. The van der Waals surface area contributed by atoms with Crippen molar-refractivity contribution < 1.29 is 13.2 Å². The lowest BCUT2D eigenvalue weighted by Crippen LogP contribution is -2.27. The number of nitrogens with one attached hydrogen (secondary N) is 1. The summed E-state index contributed by atoms with van der Waals surface area (Å²) in [5.74, 6) is -0.365. The Bertz CT molecular complexity index is 694. The topological polar surface area (TPSA) is 115 Å². The molecule has 106 valence electrons. The fourth-order valence-corrected chi connectivity index (χ4v) is 2.79. The van der Waals surface area contributed by atoms with E-state index >= 15 is 0 Å². The summed E-state index contributed by atoms with van der Waals surface area (Å²) < 4.78 is 22.2. The van der Waals surface area contributed by atoms with Crippen molar-refractivity contribution in [2.75, 3.05) is 5.32 Å². The third-order valence-corrected chi connectivity index (χ3v) is 4.47. The van der Waals surface area contributed by atoms with Crippen LogP contribution >= 0.6 is 11.3 Å². The Kier molecular flexibility index (Phi) is 4.19. The van der Waals surface area contributed by atoms with Crippen LogP contribution in [-0.2, 0) is 14.8 Å². The second-order valence-electron chi connectivity index (χ2n) is 4.05. The summed E-state index contributed by atoms with van der Waals surface area (Å²) in [5, 5.41) is 9.44. The zero-order valence-corrected chi connectivity index (χ0v) is 11.9. The standard InChI is InChI=1S/C12H13N3O3S2/c13-11(10-2-1-7-19-10)12(16)15-8-3-5-9(6-4-8)20(14,17)18/h1-7,11H,13H2,(H,15,16)(H2,14,17,18). The van der Waals surface area contributed by atoms with Gasteiger partial charge >= 0.3 is 0 Å². The van der Waals surface area contributed by atoms with E-state index in [0.717, 1.165) is 4.88 Å². The van der Waals surface area contributed by atoms with Crippen LogP contribution in [0.4, 0.5) is 5.69 Å². The minimum absolute atomic E-state index is 0.0157. The Morgan fingerprint density at radius 2 is 1.85 bits per heavy atom. The SMILES string of the molecule is NC(C(=O)Nc1ccc(S(N)(=O)=O)cc1)c1cccs1. The second kappa shape index (κ2) is 5.71. The number of carbonyl (C=O) groups is 1. The van der Waals surface area contributed by atoms with Gasteiger partial charge < -0.3 is 11.1 Å². The quantitative estimate of drug-likeness (QED) is 0.782. The number of hydrogen-bond donors (Lipinski definition) is 3. The van der Waals surface area contributed by atoms with E-state index in [-0.39, 0.29) is 10.8 Å². The molecular formula is C12H13N3O3S2. The molecule has 6 nitrogen and oxygen atoms in total. The predicted octanol–water partition coefficient (Wildman–Crippen LogP) is 1.03. The Hall–Kier alpha value is -1.74. The van der Waals surface area contributed by atoms with Gasteiger partial charge in [0.25, 0.3) is 0 Å². The zero-order chi connectivity index (χ0) is 14.8. The Morgan fingerprint density at radius 3 is 2.35 bits per heavy atom. The van der Waals surface area contributed by atoms with Gasteiger partial charge in [-0.25, -0.2) is 13.6 Å². The third kappa shape index (κ3) is 3.42. The first-order valence-electron chi connectivity index (χ1n) is 5.60. The number of anilines is 1. The van der Waals surface area contributed by atoms with E-state index in [1.807, 2.05) is 11.4 Å². The van der Waals surface area contributed by atoms with Gasteiger partial charge in [0.1, 0.15) is 6.04 Å². The monoisotopic (exact) mass is 311 g/mol. The number of amides is 1. The van der Waals surface area contributed by atoms with Crippen LogP contribution in [0.5, 0.6) is 0 Å². The molecule has 1 aromatic heterocycles. The summed E-state index contributed by atoms with van der Waals surface area (Å²) in [7, 11) is -3.74. The largest absolute Gasteiger partial charge is 0.324 e. The molecule has 0 fully saturated rings. The number of sulfonamides is 1. The molecule has 0 saturated carbocycles. The molecule has 1 aromatic carbocycles. The van der Waals surface area contributed by atoms with E-state index in [9.17, 15) is 13.2 Å². The maximum absolute atomic E-state index is 11.9. The summed E-state index contributed by atoms with van der Waals surface area (Å²) in [6, 6.07) is 8.39. The van der Waals surface area contributed by atoms with Gasteiger partial charge in [0.05, 0.1) is 4.90 Å². The van der Waals surface area contributed by atoms with Gasteiger partial charge in [0, 0.05) is 10.6 Å². The Labute approximate surface area is 120 Å². The third-order valence-electron chi connectivity index (χ3n) is 2.58. The van der Waals surface area contributed by atoms with E-state index in [1.165, 1.54) is 35.6 Å². The maximum atomic E-state index is 11.9. The van der Waals surface area contributed by atoms with E-state index in [1.54, 1.807) is 6.07 Å². The molecule has 1 unspecified atom stereocenters. The number of thiophene rings is 1. The van der Waals surface area contributed by atoms with Crippen molar-refractivity contribution in [2.24, 2.45) is 10.9 Å². The van der Waals surface area contributed by atoms with E-state index < -0.39 is 16.1 Å². The highest BCUT2D eigenvalue weighted by molar-refractivity contribution is 7.89. The van der Waals surface area contributed by atoms with Gasteiger partial charge in [-0.15, -0.1) is 11.3 Å². The average molecular weight is 311 g/mol. The van der Waals surface area contributed by atoms with Crippen molar-refractivity contribution in [3.8, 4) is 0 Å². The van der Waals surface area contributed by atoms with Crippen LogP contribution in [-0.4, -0.2) is 14.3 Å². The molecule has 20 heavy (non-hydrogen) atoms. The smallest absolute Gasteiger partial charge is 0.246 e. The van der Waals surface area contributed by atoms with Crippen LogP contribution in [0.2, 0.25) is 0 Å². The lowest BCUT2D eigenvalue weighted by atomic mass is 10.2. The van der Waals surface area contributed by atoms with E-state index in [2.05, 4.69) is 5.32 Å². The summed E-state index contributed by atoms with van der Waals surface area (Å²) in [6.07, 6.45) is 0. The van der Waals surface area contributed by atoms with Crippen molar-refractivity contribution >= 4 is 33.0 Å². The van der Waals surface area contributed by atoms with Crippen LogP contribution in [0.1, 0.15) is 10.9 Å². The number of hydrogen-bond acceptors (Lipinski definition) is 5. The van der Waals surface area contributed by atoms with Gasteiger partial charge in [-0.1, -0.05) is 6.07 Å². The fraction of sp³-hybridized carbons (Fsp3) is 0.0833. The van der Waals surface area contributed by atoms with Gasteiger partial charge in [0.15, 0.2) is 0 Å². The Morgan fingerprint density at radius 1 is 1.20 bits per heavy atom. The predicted molar refractivity (Wildman–Crippen MR) is 77.7 cm³/mol. The summed E-state index contributed by atoms with van der Waals surface area (Å²) in [5.41, 5.74) is 6.27. The molecule has 0 radical (unpaired) electrons. The molecule has 5 N–H and O–H groups in total. The number of primary sulfonamides is 1. The van der Waals surface area contributed by atoms with E-state index in [4.69, 9.17) is 10.9 Å². The average Bonchev–Trinajstić information content (AvgIpc) is 2.91. The molecule has 1 heterocycles. The van der Waals surface area contributed by atoms with Gasteiger partial charge in [-0.05, 0) is 35.7 Å². The highest BCUT2D eigenvalue weighted by Crippen LogP contribution is 2.19. The molecule has 0 spiro atoms. The molecule has 0 aliphatic heterocycles. The van der Waals surface area contributed by atoms with Crippen molar-refractivity contribution in [3.63, 3.8) is 0 Å². The molecule has 2 aromatic rings.